The Hall–Kier alpha value is -1.83. The lowest BCUT2D eigenvalue weighted by atomic mass is 10.1. The van der Waals surface area contributed by atoms with Gasteiger partial charge >= 0.3 is 0 Å². The Kier molecular flexibility index (Phi) is 3.33. The zero-order valence-electron chi connectivity index (χ0n) is 7.49. The zero-order valence-corrected chi connectivity index (χ0v) is 8.24. The van der Waals surface area contributed by atoms with Crippen LogP contribution in [0.15, 0.2) is 6.20 Å². The van der Waals surface area contributed by atoms with Crippen LogP contribution in [0.4, 0.5) is 20.3 Å². The predicted molar refractivity (Wildman–Crippen MR) is 50.4 cm³/mol. The van der Waals surface area contributed by atoms with E-state index < -0.39 is 39.2 Å². The van der Waals surface area contributed by atoms with E-state index in [1.807, 2.05) is 0 Å². The molecule has 2 N–H and O–H groups in total. The summed E-state index contributed by atoms with van der Waals surface area (Å²) >= 11 is 5.03. The minimum atomic E-state index is -3.15. The van der Waals surface area contributed by atoms with Gasteiger partial charge in [-0.05, 0) is 11.6 Å². The summed E-state index contributed by atoms with van der Waals surface area (Å²) in [5.41, 5.74) is 2.24. The fourth-order valence-electron chi connectivity index (χ4n) is 1.08. The van der Waals surface area contributed by atoms with Gasteiger partial charge in [-0.3, -0.25) is 14.9 Å². The van der Waals surface area contributed by atoms with Crippen LogP contribution >= 0.6 is 11.6 Å². The van der Waals surface area contributed by atoms with E-state index >= 15 is 0 Å². The number of nitrogens with two attached hydrogens (primary N) is 1. The second kappa shape index (κ2) is 4.35. The first kappa shape index (κ1) is 12.2. The standard InChI is InChI=1S/C7H4ClF2N3O3/c8-5(14)3-4(13(15)16)2(6(9)10)1-12-7(3)11/h1,6H,(H2,11,12). The summed E-state index contributed by atoms with van der Waals surface area (Å²) < 4.78 is 24.8. The summed E-state index contributed by atoms with van der Waals surface area (Å²) in [5.74, 6) is -0.559. The van der Waals surface area contributed by atoms with Gasteiger partial charge in [0.15, 0.2) is 5.56 Å². The number of carbonyl (C=O) groups excluding carboxylic acids is 1. The molecule has 0 radical (unpaired) electrons. The molecule has 0 unspecified atom stereocenters. The zero-order chi connectivity index (χ0) is 12.5. The monoisotopic (exact) mass is 251 g/mol. The van der Waals surface area contributed by atoms with Crippen LogP contribution in [-0.2, 0) is 0 Å². The van der Waals surface area contributed by atoms with Crippen LogP contribution in [-0.4, -0.2) is 15.1 Å². The molecule has 1 aromatic rings. The molecule has 1 aromatic heterocycles. The van der Waals surface area contributed by atoms with Crippen molar-refractivity contribution in [3.05, 3.63) is 27.4 Å². The Bertz CT molecular complexity index is 466. The fraction of sp³-hybridized carbons (Fsp3) is 0.143. The van der Waals surface area contributed by atoms with E-state index in [0.29, 0.717) is 6.20 Å². The highest BCUT2D eigenvalue weighted by Crippen LogP contribution is 2.34. The van der Waals surface area contributed by atoms with E-state index in [2.05, 4.69) is 4.98 Å². The lowest BCUT2D eigenvalue weighted by Gasteiger charge is -2.05. The largest absolute Gasteiger partial charge is 0.383 e. The maximum Gasteiger partial charge on any atom is 0.295 e. The average Bonchev–Trinajstić information content (AvgIpc) is 2.15. The molecule has 0 amide bonds. The Labute approximate surface area is 92.2 Å². The summed E-state index contributed by atoms with van der Waals surface area (Å²) in [6, 6.07) is 0. The highest BCUT2D eigenvalue weighted by Gasteiger charge is 2.31. The average molecular weight is 252 g/mol. The molecule has 0 aliphatic rings. The number of hydrogen-bond donors (Lipinski definition) is 1. The van der Waals surface area contributed by atoms with E-state index in [9.17, 15) is 23.7 Å². The van der Waals surface area contributed by atoms with Crippen LogP contribution < -0.4 is 5.73 Å². The normalized spacial score (nSPS) is 10.5. The van der Waals surface area contributed by atoms with Crippen molar-refractivity contribution in [3.8, 4) is 0 Å². The Balaban J connectivity index is 3.63. The van der Waals surface area contributed by atoms with E-state index in [1.54, 1.807) is 0 Å². The van der Waals surface area contributed by atoms with E-state index in [0.717, 1.165) is 0 Å². The van der Waals surface area contributed by atoms with Crippen LogP contribution in [0.2, 0.25) is 0 Å². The summed E-state index contributed by atoms with van der Waals surface area (Å²) in [6.45, 7) is 0. The van der Waals surface area contributed by atoms with Gasteiger partial charge in [-0.2, -0.15) is 0 Å². The maximum atomic E-state index is 12.4. The third-order valence-electron chi connectivity index (χ3n) is 1.72. The number of alkyl halides is 2. The molecule has 0 saturated carbocycles. The van der Waals surface area contributed by atoms with Crippen molar-refractivity contribution < 1.29 is 18.5 Å². The van der Waals surface area contributed by atoms with Gasteiger partial charge in [0.25, 0.3) is 17.4 Å². The maximum absolute atomic E-state index is 12.4. The van der Waals surface area contributed by atoms with E-state index in [1.165, 1.54) is 0 Å². The van der Waals surface area contributed by atoms with Crippen LogP contribution in [0.25, 0.3) is 0 Å². The molecular formula is C7H4ClF2N3O3. The number of rotatable bonds is 3. The summed E-state index contributed by atoms with van der Waals surface area (Å²) in [5, 5.41) is 9.28. The van der Waals surface area contributed by atoms with Gasteiger partial charge in [-0.15, -0.1) is 0 Å². The van der Waals surface area contributed by atoms with Crippen LogP contribution in [0, 0.1) is 10.1 Å². The molecule has 0 bridgehead atoms. The molecule has 1 rings (SSSR count). The molecule has 0 saturated heterocycles. The number of nitrogen functional groups attached to an aromatic ring is 1. The van der Waals surface area contributed by atoms with Crippen LogP contribution in [0.3, 0.4) is 0 Å². The number of carbonyl (C=O) groups is 1. The van der Waals surface area contributed by atoms with Crippen LogP contribution in [0.1, 0.15) is 22.3 Å². The Morgan fingerprint density at radius 3 is 2.56 bits per heavy atom. The van der Waals surface area contributed by atoms with Gasteiger partial charge in [0, 0.05) is 6.20 Å². The van der Waals surface area contributed by atoms with Crippen molar-refractivity contribution in [2.75, 3.05) is 5.73 Å². The molecule has 0 aromatic carbocycles. The van der Waals surface area contributed by atoms with Crippen molar-refractivity contribution in [1.82, 2.24) is 4.98 Å². The van der Waals surface area contributed by atoms with Gasteiger partial charge < -0.3 is 5.73 Å². The summed E-state index contributed by atoms with van der Waals surface area (Å²) in [6.07, 6.45) is -2.61. The number of anilines is 1. The molecule has 1 heterocycles. The number of pyridine rings is 1. The second-order valence-corrected chi connectivity index (χ2v) is 3.00. The van der Waals surface area contributed by atoms with E-state index in [4.69, 9.17) is 17.3 Å². The molecule has 9 heteroatoms. The van der Waals surface area contributed by atoms with Crippen LogP contribution in [0.5, 0.6) is 0 Å². The smallest absolute Gasteiger partial charge is 0.295 e. The summed E-state index contributed by atoms with van der Waals surface area (Å²) in [7, 11) is 0. The molecule has 0 spiro atoms. The highest BCUT2D eigenvalue weighted by atomic mass is 35.5. The third kappa shape index (κ3) is 2.06. The van der Waals surface area contributed by atoms with Crippen molar-refractivity contribution >= 4 is 28.3 Å². The van der Waals surface area contributed by atoms with Crippen molar-refractivity contribution in [2.45, 2.75) is 6.43 Å². The predicted octanol–water partition coefficient (Wildman–Crippen LogP) is 1.89. The SMILES string of the molecule is Nc1ncc(C(F)F)c([N+](=O)[O-])c1C(=O)Cl. The molecule has 0 fully saturated rings. The Morgan fingerprint density at radius 1 is 1.62 bits per heavy atom. The quantitative estimate of drug-likeness (QED) is 0.502. The van der Waals surface area contributed by atoms with E-state index in [-0.39, 0.29) is 0 Å². The second-order valence-electron chi connectivity index (χ2n) is 2.65. The van der Waals surface area contributed by atoms with Crippen molar-refractivity contribution in [2.24, 2.45) is 0 Å². The third-order valence-corrected chi connectivity index (χ3v) is 1.91. The molecule has 0 aliphatic carbocycles. The van der Waals surface area contributed by atoms with Gasteiger partial charge in [0.2, 0.25) is 0 Å². The number of aromatic nitrogens is 1. The van der Waals surface area contributed by atoms with Gasteiger partial charge in [0.05, 0.1) is 4.92 Å². The van der Waals surface area contributed by atoms with Gasteiger partial charge in [-0.1, -0.05) is 0 Å². The van der Waals surface area contributed by atoms with Gasteiger partial charge in [0.1, 0.15) is 11.4 Å². The lowest BCUT2D eigenvalue weighted by molar-refractivity contribution is -0.386. The number of nitrogens with zero attached hydrogens (tertiary/aromatic N) is 2. The molecular weight excluding hydrogens is 248 g/mol. The first-order chi connectivity index (χ1) is 7.36. The fourth-order valence-corrected chi connectivity index (χ4v) is 1.27. The first-order valence-electron chi connectivity index (χ1n) is 3.77. The first-order valence-corrected chi connectivity index (χ1v) is 4.14. The lowest BCUT2D eigenvalue weighted by Crippen LogP contribution is -2.09. The molecule has 86 valence electrons. The molecule has 16 heavy (non-hydrogen) atoms. The van der Waals surface area contributed by atoms with Crippen molar-refractivity contribution in [3.63, 3.8) is 0 Å². The van der Waals surface area contributed by atoms with Gasteiger partial charge in [-0.25, -0.2) is 13.8 Å². The molecule has 6 nitrogen and oxygen atoms in total. The summed E-state index contributed by atoms with van der Waals surface area (Å²) in [4.78, 5) is 23.6. The highest BCUT2D eigenvalue weighted by molar-refractivity contribution is 6.68. The minimum absolute atomic E-state index is 0.543. The molecule has 0 aliphatic heterocycles. The molecule has 0 atom stereocenters. The van der Waals surface area contributed by atoms with Crippen molar-refractivity contribution in [1.29, 1.82) is 0 Å². The number of hydrogen-bond acceptors (Lipinski definition) is 5. The number of halogens is 3. The topological polar surface area (TPSA) is 99.1 Å². The Morgan fingerprint density at radius 2 is 2.19 bits per heavy atom. The number of nitro groups is 1. The minimum Gasteiger partial charge on any atom is -0.383 e.